The van der Waals surface area contributed by atoms with Crippen molar-refractivity contribution in [2.45, 2.75) is 32.7 Å². The van der Waals surface area contributed by atoms with Crippen LogP contribution in [0.4, 0.5) is 0 Å². The van der Waals surface area contributed by atoms with Gasteiger partial charge >= 0.3 is 0 Å². The first-order chi connectivity index (χ1) is 15.4. The highest BCUT2D eigenvalue weighted by Crippen LogP contribution is 2.11. The first-order valence-corrected chi connectivity index (χ1v) is 10.5. The molecular formula is C21H35N5O6. The van der Waals surface area contributed by atoms with Crippen LogP contribution in [0.5, 0.6) is 5.75 Å². The van der Waals surface area contributed by atoms with Crippen LogP contribution in [0.3, 0.4) is 0 Å². The minimum absolute atomic E-state index is 0.0796. The number of carbonyl (C=O) groups excluding carboxylic acids is 3. The van der Waals surface area contributed by atoms with Gasteiger partial charge in [-0.2, -0.15) is 0 Å². The lowest BCUT2D eigenvalue weighted by atomic mass is 10.2. The van der Waals surface area contributed by atoms with Gasteiger partial charge in [0.05, 0.1) is 19.3 Å². The summed E-state index contributed by atoms with van der Waals surface area (Å²) in [6.45, 7) is 6.39. The summed E-state index contributed by atoms with van der Waals surface area (Å²) in [5.41, 5.74) is 1.06. The highest BCUT2D eigenvalue weighted by atomic mass is 16.5. The molecule has 180 valence electrons. The quantitative estimate of drug-likeness (QED) is 0.0884. The molecular weight excluding hydrogens is 418 g/mol. The number of aliphatic hydroxyl groups is 1. The van der Waals surface area contributed by atoms with Crippen molar-refractivity contribution in [1.82, 2.24) is 26.6 Å². The van der Waals surface area contributed by atoms with Gasteiger partial charge in [-0.25, -0.2) is 0 Å². The van der Waals surface area contributed by atoms with Crippen LogP contribution in [0.2, 0.25) is 0 Å². The SMILES string of the molecule is CC(=O)NC[C@@H](CNC(C)NCCNC(=O)COc1ccc(CNCCO)cc1)OC=O. The lowest BCUT2D eigenvalue weighted by Crippen LogP contribution is -2.48. The molecule has 32 heavy (non-hydrogen) atoms. The third kappa shape index (κ3) is 13.5. The fraction of sp³-hybridized carbons (Fsp3) is 0.571. The molecule has 2 atom stereocenters. The van der Waals surface area contributed by atoms with E-state index < -0.39 is 6.10 Å². The maximum Gasteiger partial charge on any atom is 0.293 e. The summed E-state index contributed by atoms with van der Waals surface area (Å²) in [6, 6.07) is 7.39. The van der Waals surface area contributed by atoms with Gasteiger partial charge in [0, 0.05) is 39.6 Å². The second-order valence-electron chi connectivity index (χ2n) is 7.06. The van der Waals surface area contributed by atoms with E-state index in [9.17, 15) is 14.4 Å². The minimum Gasteiger partial charge on any atom is -0.484 e. The standard InChI is InChI=1S/C21H35N5O6/c1-16(25-12-20(32-15-28)13-26-17(2)29)23-7-8-24-21(30)14-31-19-5-3-18(4-6-19)11-22-9-10-27/h3-6,15-16,20,22-23,25,27H,7-14H2,1-2H3,(H,24,30)(H,26,29)/t16?,20-/m1/s1. The van der Waals surface area contributed by atoms with Crippen LogP contribution in [0.15, 0.2) is 24.3 Å². The fourth-order valence-corrected chi connectivity index (χ4v) is 2.59. The van der Waals surface area contributed by atoms with Crippen LogP contribution >= 0.6 is 0 Å². The Hall–Kier alpha value is -2.73. The monoisotopic (exact) mass is 453 g/mol. The Kier molecular flexibility index (Phi) is 14.4. The average Bonchev–Trinajstić information content (AvgIpc) is 2.78. The third-order valence-electron chi connectivity index (χ3n) is 4.29. The Morgan fingerprint density at radius 3 is 2.47 bits per heavy atom. The van der Waals surface area contributed by atoms with Crippen molar-refractivity contribution in [1.29, 1.82) is 0 Å². The van der Waals surface area contributed by atoms with Crippen LogP contribution in [0.25, 0.3) is 0 Å². The zero-order chi connectivity index (χ0) is 23.6. The Labute approximate surface area is 188 Å². The fourth-order valence-electron chi connectivity index (χ4n) is 2.59. The van der Waals surface area contributed by atoms with Gasteiger partial charge in [-0.1, -0.05) is 12.1 Å². The second-order valence-corrected chi connectivity index (χ2v) is 7.06. The summed E-state index contributed by atoms with van der Waals surface area (Å²) in [6.07, 6.45) is -0.563. The van der Waals surface area contributed by atoms with Crippen molar-refractivity contribution in [3.05, 3.63) is 29.8 Å². The van der Waals surface area contributed by atoms with E-state index in [1.54, 1.807) is 12.1 Å². The summed E-state index contributed by atoms with van der Waals surface area (Å²) < 4.78 is 10.4. The Bertz CT molecular complexity index is 673. The molecule has 11 heteroatoms. The van der Waals surface area contributed by atoms with Gasteiger partial charge < -0.3 is 35.8 Å². The third-order valence-corrected chi connectivity index (χ3v) is 4.29. The molecule has 2 amide bonds. The average molecular weight is 454 g/mol. The summed E-state index contributed by atoms with van der Waals surface area (Å²) in [4.78, 5) is 33.4. The molecule has 0 spiro atoms. The molecule has 0 aliphatic carbocycles. The van der Waals surface area contributed by atoms with Gasteiger partial charge in [-0.3, -0.25) is 19.7 Å². The summed E-state index contributed by atoms with van der Waals surface area (Å²) in [7, 11) is 0. The van der Waals surface area contributed by atoms with Gasteiger partial charge in [-0.05, 0) is 24.6 Å². The zero-order valence-corrected chi connectivity index (χ0v) is 18.7. The zero-order valence-electron chi connectivity index (χ0n) is 18.7. The molecule has 1 rings (SSSR count). The van der Waals surface area contributed by atoms with Gasteiger partial charge in [-0.15, -0.1) is 0 Å². The van der Waals surface area contributed by atoms with Gasteiger partial charge in [0.25, 0.3) is 12.4 Å². The van der Waals surface area contributed by atoms with Crippen LogP contribution < -0.4 is 31.3 Å². The van der Waals surface area contributed by atoms with E-state index >= 15 is 0 Å². The van der Waals surface area contributed by atoms with Crippen LogP contribution in [-0.4, -0.2) is 81.6 Å². The van der Waals surface area contributed by atoms with Crippen LogP contribution in [0, 0.1) is 0 Å². The summed E-state index contributed by atoms with van der Waals surface area (Å²) in [5.74, 6) is 0.183. The van der Waals surface area contributed by atoms with E-state index in [2.05, 4.69) is 26.6 Å². The van der Waals surface area contributed by atoms with Crippen molar-refractivity contribution < 1.29 is 29.0 Å². The highest BCUT2D eigenvalue weighted by molar-refractivity contribution is 5.77. The molecule has 0 heterocycles. The first-order valence-electron chi connectivity index (χ1n) is 10.5. The lowest BCUT2D eigenvalue weighted by molar-refractivity contribution is -0.134. The highest BCUT2D eigenvalue weighted by Gasteiger charge is 2.11. The van der Waals surface area contributed by atoms with E-state index in [4.69, 9.17) is 14.6 Å². The number of carbonyl (C=O) groups is 3. The minimum atomic E-state index is -0.469. The van der Waals surface area contributed by atoms with E-state index in [1.165, 1.54) is 6.92 Å². The van der Waals surface area contributed by atoms with Crippen LogP contribution in [-0.2, 0) is 25.7 Å². The Balaban J connectivity index is 2.15. The normalized spacial score (nSPS) is 12.5. The molecule has 0 bridgehead atoms. The Morgan fingerprint density at radius 1 is 1.06 bits per heavy atom. The number of aliphatic hydroxyl groups excluding tert-OH is 1. The largest absolute Gasteiger partial charge is 0.484 e. The summed E-state index contributed by atoms with van der Waals surface area (Å²) in [5, 5.41) is 23.5. The molecule has 0 saturated heterocycles. The number of benzene rings is 1. The number of ether oxygens (including phenoxy) is 2. The van der Waals surface area contributed by atoms with Crippen molar-refractivity contribution >= 4 is 18.3 Å². The lowest BCUT2D eigenvalue weighted by Gasteiger charge is -2.20. The summed E-state index contributed by atoms with van der Waals surface area (Å²) >= 11 is 0. The molecule has 0 aromatic heterocycles. The Morgan fingerprint density at radius 2 is 1.81 bits per heavy atom. The number of nitrogens with one attached hydrogen (secondary N) is 5. The van der Waals surface area contributed by atoms with Crippen molar-refractivity contribution in [3.63, 3.8) is 0 Å². The number of hydrogen-bond donors (Lipinski definition) is 6. The molecule has 1 aromatic rings. The number of rotatable bonds is 18. The maximum atomic E-state index is 11.9. The van der Waals surface area contributed by atoms with Gasteiger partial charge in [0.15, 0.2) is 6.61 Å². The van der Waals surface area contributed by atoms with Gasteiger partial charge in [0.1, 0.15) is 11.9 Å². The molecule has 0 aliphatic heterocycles. The van der Waals surface area contributed by atoms with Crippen LogP contribution in [0.1, 0.15) is 19.4 Å². The molecule has 1 unspecified atom stereocenters. The molecule has 6 N–H and O–H groups in total. The van der Waals surface area contributed by atoms with Crippen molar-refractivity contribution in [3.8, 4) is 5.75 Å². The van der Waals surface area contributed by atoms with Crippen molar-refractivity contribution in [2.24, 2.45) is 0 Å². The number of amides is 2. The molecule has 11 nitrogen and oxygen atoms in total. The first kappa shape index (κ1) is 27.3. The molecule has 1 aromatic carbocycles. The molecule has 0 fully saturated rings. The topological polar surface area (TPSA) is 150 Å². The maximum absolute atomic E-state index is 11.9. The molecule has 0 aliphatic rings. The van der Waals surface area contributed by atoms with E-state index in [0.29, 0.717) is 44.9 Å². The van der Waals surface area contributed by atoms with E-state index in [-0.39, 0.29) is 37.7 Å². The predicted octanol–water partition coefficient (Wildman–Crippen LogP) is -1.53. The predicted molar refractivity (Wildman–Crippen MR) is 119 cm³/mol. The smallest absolute Gasteiger partial charge is 0.293 e. The molecule has 0 radical (unpaired) electrons. The number of hydrogen-bond acceptors (Lipinski definition) is 9. The second kappa shape index (κ2) is 16.9. The van der Waals surface area contributed by atoms with Gasteiger partial charge in [0.2, 0.25) is 5.91 Å². The van der Waals surface area contributed by atoms with Crippen molar-refractivity contribution in [2.75, 3.05) is 45.9 Å². The molecule has 0 saturated carbocycles. The van der Waals surface area contributed by atoms with E-state index in [0.717, 1.165) is 5.56 Å². The van der Waals surface area contributed by atoms with E-state index in [1.807, 2.05) is 19.1 Å².